The predicted octanol–water partition coefficient (Wildman–Crippen LogP) is 0.632. The first-order valence-corrected chi connectivity index (χ1v) is 5.19. The summed E-state index contributed by atoms with van der Waals surface area (Å²) in [4.78, 5) is 34.2. The zero-order valence-corrected chi connectivity index (χ0v) is 9.50. The van der Waals surface area contributed by atoms with E-state index in [0.717, 1.165) is 22.8 Å². The quantitative estimate of drug-likeness (QED) is 0.650. The molecule has 2 aromatic rings. The predicted molar refractivity (Wildman–Crippen MR) is 63.5 cm³/mol. The van der Waals surface area contributed by atoms with Gasteiger partial charge in [-0.3, -0.25) is 24.5 Å². The van der Waals surface area contributed by atoms with Crippen LogP contribution in [0.1, 0.15) is 5.56 Å². The van der Waals surface area contributed by atoms with Gasteiger partial charge in [-0.2, -0.15) is 0 Å². The van der Waals surface area contributed by atoms with Gasteiger partial charge >= 0.3 is 5.69 Å². The van der Waals surface area contributed by atoms with Crippen molar-refractivity contribution in [2.45, 2.75) is 6.54 Å². The third-order valence-corrected chi connectivity index (χ3v) is 2.40. The van der Waals surface area contributed by atoms with Gasteiger partial charge in [-0.05, 0) is 11.6 Å². The number of H-pyrrole nitrogens is 1. The second-order valence-corrected chi connectivity index (χ2v) is 3.81. The lowest BCUT2D eigenvalue weighted by molar-refractivity contribution is -0.385. The van der Waals surface area contributed by atoms with Crippen LogP contribution in [0, 0.1) is 15.9 Å². The minimum absolute atomic E-state index is 0.0752. The number of nitrogens with zero attached hydrogens (tertiary/aromatic N) is 2. The monoisotopic (exact) mass is 265 g/mol. The van der Waals surface area contributed by atoms with Crippen molar-refractivity contribution in [3.63, 3.8) is 0 Å². The Morgan fingerprint density at radius 1 is 1.32 bits per heavy atom. The average molecular weight is 265 g/mol. The number of nitro benzene ring substituents is 1. The Labute approximate surface area is 105 Å². The summed E-state index contributed by atoms with van der Waals surface area (Å²) in [5.41, 5.74) is -1.36. The van der Waals surface area contributed by atoms with E-state index >= 15 is 0 Å². The Morgan fingerprint density at radius 3 is 2.68 bits per heavy atom. The maximum Gasteiger partial charge on any atom is 0.328 e. The van der Waals surface area contributed by atoms with Crippen molar-refractivity contribution in [1.29, 1.82) is 0 Å². The molecule has 0 fully saturated rings. The molecule has 7 nitrogen and oxygen atoms in total. The molecule has 0 unspecified atom stereocenters. The zero-order valence-electron chi connectivity index (χ0n) is 9.50. The van der Waals surface area contributed by atoms with Gasteiger partial charge in [0.2, 0.25) is 0 Å². The topological polar surface area (TPSA) is 98.0 Å². The molecule has 0 aliphatic heterocycles. The molecule has 1 aromatic heterocycles. The van der Waals surface area contributed by atoms with E-state index in [0.29, 0.717) is 0 Å². The summed E-state index contributed by atoms with van der Waals surface area (Å²) in [5, 5.41) is 10.6. The molecule has 0 saturated carbocycles. The fourth-order valence-corrected chi connectivity index (χ4v) is 1.60. The van der Waals surface area contributed by atoms with Crippen LogP contribution < -0.4 is 11.2 Å². The third kappa shape index (κ3) is 2.92. The molecular weight excluding hydrogens is 257 g/mol. The smallest absolute Gasteiger partial charge is 0.296 e. The van der Waals surface area contributed by atoms with Crippen LogP contribution in [0.5, 0.6) is 0 Å². The Bertz CT molecular complexity index is 750. The molecule has 0 spiro atoms. The number of halogens is 1. The van der Waals surface area contributed by atoms with Crippen LogP contribution in [-0.4, -0.2) is 14.5 Å². The van der Waals surface area contributed by atoms with Crippen molar-refractivity contribution in [2.75, 3.05) is 0 Å². The van der Waals surface area contributed by atoms with Crippen LogP contribution in [0.2, 0.25) is 0 Å². The number of nitrogens with one attached hydrogen (secondary N) is 1. The molecule has 8 heteroatoms. The zero-order chi connectivity index (χ0) is 14.0. The average Bonchev–Trinajstić information content (AvgIpc) is 2.32. The van der Waals surface area contributed by atoms with Gasteiger partial charge in [0, 0.05) is 18.3 Å². The summed E-state index contributed by atoms with van der Waals surface area (Å²) in [6.45, 7) is -0.0752. The first kappa shape index (κ1) is 12.7. The second-order valence-electron chi connectivity index (χ2n) is 3.81. The molecule has 0 atom stereocenters. The molecule has 0 bridgehead atoms. The van der Waals surface area contributed by atoms with Gasteiger partial charge in [-0.25, -0.2) is 9.18 Å². The minimum atomic E-state index is -0.762. The van der Waals surface area contributed by atoms with E-state index in [4.69, 9.17) is 0 Å². The minimum Gasteiger partial charge on any atom is -0.296 e. The van der Waals surface area contributed by atoms with E-state index in [1.807, 2.05) is 4.98 Å². The molecular formula is C11H8FN3O4. The lowest BCUT2D eigenvalue weighted by Gasteiger charge is -2.04. The van der Waals surface area contributed by atoms with E-state index in [9.17, 15) is 24.1 Å². The lowest BCUT2D eigenvalue weighted by atomic mass is 10.2. The molecule has 19 heavy (non-hydrogen) atoms. The Balaban J connectivity index is 2.40. The van der Waals surface area contributed by atoms with E-state index in [2.05, 4.69) is 0 Å². The van der Waals surface area contributed by atoms with Crippen molar-refractivity contribution in [1.82, 2.24) is 9.55 Å². The summed E-state index contributed by atoms with van der Waals surface area (Å²) in [7, 11) is 0. The fourth-order valence-electron chi connectivity index (χ4n) is 1.60. The Morgan fingerprint density at radius 2 is 2.05 bits per heavy atom. The molecule has 0 amide bonds. The highest BCUT2D eigenvalue weighted by molar-refractivity contribution is 5.35. The van der Waals surface area contributed by atoms with Gasteiger partial charge in [-0.15, -0.1) is 0 Å². The second kappa shape index (κ2) is 4.84. The highest BCUT2D eigenvalue weighted by Gasteiger charge is 2.10. The Hall–Kier alpha value is -2.77. The number of aromatic amines is 1. The largest absolute Gasteiger partial charge is 0.328 e. The number of rotatable bonds is 3. The van der Waals surface area contributed by atoms with Crippen LogP contribution in [-0.2, 0) is 6.54 Å². The van der Waals surface area contributed by atoms with Gasteiger partial charge in [0.15, 0.2) is 0 Å². The van der Waals surface area contributed by atoms with Crippen LogP contribution >= 0.6 is 0 Å². The van der Waals surface area contributed by atoms with Crippen molar-refractivity contribution in [3.05, 3.63) is 72.8 Å². The summed E-state index contributed by atoms with van der Waals surface area (Å²) in [6.07, 6.45) is 1.23. The lowest BCUT2D eigenvalue weighted by Crippen LogP contribution is -2.28. The maximum atomic E-state index is 13.2. The first-order valence-electron chi connectivity index (χ1n) is 5.19. The summed E-state index contributed by atoms with van der Waals surface area (Å²) in [6, 6.07) is 4.18. The van der Waals surface area contributed by atoms with E-state index in [1.165, 1.54) is 12.3 Å². The highest BCUT2D eigenvalue weighted by Crippen LogP contribution is 2.16. The number of aromatic nitrogens is 2. The maximum absolute atomic E-state index is 13.2. The molecule has 0 radical (unpaired) electrons. The number of hydrogen-bond acceptors (Lipinski definition) is 4. The molecule has 98 valence electrons. The summed E-state index contributed by atoms with van der Waals surface area (Å²) >= 11 is 0. The molecule has 0 aliphatic carbocycles. The van der Waals surface area contributed by atoms with E-state index < -0.39 is 27.7 Å². The van der Waals surface area contributed by atoms with Gasteiger partial charge in [0.1, 0.15) is 5.82 Å². The normalized spacial score (nSPS) is 10.4. The van der Waals surface area contributed by atoms with Gasteiger partial charge in [-0.1, -0.05) is 0 Å². The van der Waals surface area contributed by atoms with Gasteiger partial charge in [0.05, 0.1) is 17.5 Å². The standard InChI is InChI=1S/C11H8FN3O4/c12-8-3-7(4-9(5-8)15(18)19)6-14-2-1-10(16)13-11(14)17/h1-5H,6H2,(H,13,16,17). The van der Waals surface area contributed by atoms with Gasteiger partial charge < -0.3 is 0 Å². The molecule has 0 aliphatic rings. The first-order chi connectivity index (χ1) is 8.95. The third-order valence-electron chi connectivity index (χ3n) is 2.40. The summed E-state index contributed by atoms with van der Waals surface area (Å²) < 4.78 is 14.3. The SMILES string of the molecule is O=c1ccn(Cc2cc(F)cc([N+](=O)[O-])c2)c(=O)[nH]1. The van der Waals surface area contributed by atoms with Crippen molar-refractivity contribution >= 4 is 5.69 Å². The number of benzene rings is 1. The number of nitro groups is 1. The molecule has 0 saturated heterocycles. The van der Waals surface area contributed by atoms with Crippen LogP contribution in [0.25, 0.3) is 0 Å². The molecule has 1 aromatic carbocycles. The number of non-ortho nitro benzene ring substituents is 1. The highest BCUT2D eigenvalue weighted by atomic mass is 19.1. The van der Waals surface area contributed by atoms with Crippen LogP contribution in [0.4, 0.5) is 10.1 Å². The van der Waals surface area contributed by atoms with E-state index in [-0.39, 0.29) is 12.1 Å². The van der Waals surface area contributed by atoms with Crippen LogP contribution in [0.3, 0.4) is 0 Å². The molecule has 1 heterocycles. The summed E-state index contributed by atoms with van der Waals surface area (Å²) in [5.74, 6) is -0.762. The Kier molecular flexibility index (Phi) is 3.23. The van der Waals surface area contributed by atoms with E-state index in [1.54, 1.807) is 0 Å². The van der Waals surface area contributed by atoms with Crippen molar-refractivity contribution < 1.29 is 9.31 Å². The van der Waals surface area contributed by atoms with Crippen LogP contribution in [0.15, 0.2) is 40.1 Å². The van der Waals surface area contributed by atoms with Crippen molar-refractivity contribution in [2.24, 2.45) is 0 Å². The van der Waals surface area contributed by atoms with Gasteiger partial charge in [0.25, 0.3) is 11.2 Å². The fraction of sp³-hybridized carbons (Fsp3) is 0.0909. The number of hydrogen-bond donors (Lipinski definition) is 1. The van der Waals surface area contributed by atoms with Crippen molar-refractivity contribution in [3.8, 4) is 0 Å². The molecule has 2 rings (SSSR count). The molecule has 1 N–H and O–H groups in total.